The van der Waals surface area contributed by atoms with Crippen molar-refractivity contribution in [3.05, 3.63) is 97.1 Å². The van der Waals surface area contributed by atoms with Crippen molar-refractivity contribution in [1.29, 1.82) is 0 Å². The third kappa shape index (κ3) is 3.35. The lowest BCUT2D eigenvalue weighted by Gasteiger charge is -2.10. The van der Waals surface area contributed by atoms with Crippen LogP contribution in [-0.4, -0.2) is 0 Å². The predicted molar refractivity (Wildman–Crippen MR) is 104 cm³/mol. The number of fused-ring (bicyclic) bond motifs is 1. The first-order valence-electron chi connectivity index (χ1n) is 7.79. The maximum atomic E-state index is 3.40. The van der Waals surface area contributed by atoms with Gasteiger partial charge >= 0.3 is 0 Å². The molecule has 1 radical (unpaired) electrons. The van der Waals surface area contributed by atoms with Gasteiger partial charge in [-0.3, -0.25) is 0 Å². The zero-order valence-corrected chi connectivity index (χ0v) is 14.6. The van der Waals surface area contributed by atoms with Crippen molar-refractivity contribution in [2.45, 2.75) is 19.6 Å². The van der Waals surface area contributed by atoms with Crippen molar-refractivity contribution in [2.75, 3.05) is 0 Å². The Hall–Kier alpha value is -2.16. The van der Waals surface area contributed by atoms with Gasteiger partial charge in [0.2, 0.25) is 0 Å². The first-order valence-corrected chi connectivity index (χ1v) is 9.43. The topological polar surface area (TPSA) is 0 Å². The van der Waals surface area contributed by atoms with Crippen LogP contribution in [0.2, 0.25) is 0 Å². The van der Waals surface area contributed by atoms with Crippen molar-refractivity contribution in [2.24, 2.45) is 0 Å². The number of hydrogen-bond acceptors (Lipinski definition) is 2. The summed E-state index contributed by atoms with van der Waals surface area (Å²) >= 11 is 3.57. The van der Waals surface area contributed by atoms with E-state index < -0.39 is 0 Å². The van der Waals surface area contributed by atoms with Crippen LogP contribution in [0.5, 0.6) is 0 Å². The van der Waals surface area contributed by atoms with Crippen molar-refractivity contribution in [1.82, 2.24) is 0 Å². The maximum absolute atomic E-state index is 3.40. The SMILES string of the molecule is [c]1cccc(Sc2cccc3ccccc23)c1Sc1ccccc1. The third-order valence-corrected chi connectivity index (χ3v) is 6.03. The minimum Gasteiger partial charge on any atom is -0.0883 e. The highest BCUT2D eigenvalue weighted by molar-refractivity contribution is 8.02. The molecule has 115 valence electrons. The van der Waals surface area contributed by atoms with Gasteiger partial charge in [0.1, 0.15) is 0 Å². The number of rotatable bonds is 4. The Bertz CT molecular complexity index is 956. The van der Waals surface area contributed by atoms with Gasteiger partial charge in [-0.1, -0.05) is 90.3 Å². The molecular weight excluding hydrogens is 328 g/mol. The molecule has 0 spiro atoms. The molecule has 0 N–H and O–H groups in total. The van der Waals surface area contributed by atoms with Gasteiger partial charge in [-0.25, -0.2) is 0 Å². The van der Waals surface area contributed by atoms with E-state index in [0.29, 0.717) is 0 Å². The van der Waals surface area contributed by atoms with Crippen molar-refractivity contribution >= 4 is 34.3 Å². The summed E-state index contributed by atoms with van der Waals surface area (Å²) in [5.74, 6) is 0. The minimum absolute atomic E-state index is 1.17. The smallest absolute Gasteiger partial charge is 0.0340 e. The summed E-state index contributed by atoms with van der Waals surface area (Å²) in [6.07, 6.45) is 0. The Morgan fingerprint density at radius 1 is 0.583 bits per heavy atom. The fourth-order valence-electron chi connectivity index (χ4n) is 2.58. The van der Waals surface area contributed by atoms with Crippen LogP contribution in [0.1, 0.15) is 0 Å². The molecule has 0 saturated carbocycles. The lowest BCUT2D eigenvalue weighted by Crippen LogP contribution is -1.82. The molecule has 0 nitrogen and oxygen atoms in total. The van der Waals surface area contributed by atoms with Gasteiger partial charge in [-0.05, 0) is 41.1 Å². The molecule has 0 aliphatic heterocycles. The molecule has 4 aromatic rings. The van der Waals surface area contributed by atoms with E-state index in [-0.39, 0.29) is 0 Å². The second-order valence-corrected chi connectivity index (χ2v) is 7.53. The molecule has 0 fully saturated rings. The lowest BCUT2D eigenvalue weighted by atomic mass is 10.1. The Morgan fingerprint density at radius 3 is 2.25 bits per heavy atom. The predicted octanol–water partition coefficient (Wildman–Crippen LogP) is 6.94. The van der Waals surface area contributed by atoms with Gasteiger partial charge in [0, 0.05) is 19.6 Å². The van der Waals surface area contributed by atoms with Gasteiger partial charge in [0.05, 0.1) is 0 Å². The second kappa shape index (κ2) is 7.16. The van der Waals surface area contributed by atoms with Crippen LogP contribution in [0, 0.1) is 6.07 Å². The zero-order chi connectivity index (χ0) is 16.2. The summed E-state index contributed by atoms with van der Waals surface area (Å²) in [6.45, 7) is 0. The molecule has 0 saturated heterocycles. The van der Waals surface area contributed by atoms with Gasteiger partial charge in [0.25, 0.3) is 0 Å². The van der Waals surface area contributed by atoms with E-state index in [2.05, 4.69) is 84.9 Å². The van der Waals surface area contributed by atoms with Gasteiger partial charge in [-0.15, -0.1) is 0 Å². The highest BCUT2D eigenvalue weighted by Gasteiger charge is 2.08. The molecular formula is C22H15S2. The quantitative estimate of drug-likeness (QED) is 0.393. The normalized spacial score (nSPS) is 10.8. The lowest BCUT2D eigenvalue weighted by molar-refractivity contribution is 1.23. The monoisotopic (exact) mass is 343 g/mol. The van der Waals surface area contributed by atoms with Crippen LogP contribution < -0.4 is 0 Å². The molecule has 0 aliphatic carbocycles. The average Bonchev–Trinajstić information content (AvgIpc) is 2.64. The van der Waals surface area contributed by atoms with Gasteiger partial charge < -0.3 is 0 Å². The highest BCUT2D eigenvalue weighted by atomic mass is 32.2. The Kier molecular flexibility index (Phi) is 4.59. The number of hydrogen-bond donors (Lipinski definition) is 0. The molecule has 2 heteroatoms. The molecule has 4 aromatic carbocycles. The van der Waals surface area contributed by atoms with Crippen LogP contribution in [0.25, 0.3) is 10.8 Å². The summed E-state index contributed by atoms with van der Waals surface area (Å²) in [7, 11) is 0. The summed E-state index contributed by atoms with van der Waals surface area (Å²) < 4.78 is 0. The van der Waals surface area contributed by atoms with E-state index in [1.807, 2.05) is 23.9 Å². The van der Waals surface area contributed by atoms with E-state index in [4.69, 9.17) is 0 Å². The maximum Gasteiger partial charge on any atom is 0.0340 e. The molecule has 0 heterocycles. The first kappa shape index (κ1) is 15.4. The Balaban J connectivity index is 1.70. The third-order valence-electron chi connectivity index (χ3n) is 3.71. The van der Waals surface area contributed by atoms with Crippen LogP contribution in [-0.2, 0) is 0 Å². The Labute approximate surface area is 150 Å². The second-order valence-electron chi connectivity index (χ2n) is 5.36. The van der Waals surface area contributed by atoms with Crippen LogP contribution in [0.15, 0.2) is 111 Å². The molecule has 0 unspecified atom stereocenters. The van der Waals surface area contributed by atoms with Crippen molar-refractivity contribution in [3.63, 3.8) is 0 Å². The van der Waals surface area contributed by atoms with E-state index in [0.717, 1.165) is 0 Å². The molecule has 0 amide bonds. The first-order chi connectivity index (χ1) is 11.9. The fourth-order valence-corrected chi connectivity index (χ4v) is 4.63. The average molecular weight is 343 g/mol. The van der Waals surface area contributed by atoms with Gasteiger partial charge in [0.15, 0.2) is 0 Å². The van der Waals surface area contributed by atoms with Crippen LogP contribution in [0.3, 0.4) is 0 Å². The molecule has 0 aromatic heterocycles. The minimum atomic E-state index is 1.17. The molecule has 0 bridgehead atoms. The van der Waals surface area contributed by atoms with Crippen LogP contribution >= 0.6 is 23.5 Å². The van der Waals surface area contributed by atoms with E-state index in [1.54, 1.807) is 11.8 Å². The molecule has 0 atom stereocenters. The van der Waals surface area contributed by atoms with E-state index in [9.17, 15) is 0 Å². The number of benzene rings is 4. The summed E-state index contributed by atoms with van der Waals surface area (Å²) in [4.78, 5) is 4.92. The summed E-state index contributed by atoms with van der Waals surface area (Å²) in [6, 6.07) is 35.1. The molecule has 0 aliphatic rings. The van der Waals surface area contributed by atoms with Crippen LogP contribution in [0.4, 0.5) is 0 Å². The van der Waals surface area contributed by atoms with Crippen molar-refractivity contribution in [3.8, 4) is 0 Å². The summed E-state index contributed by atoms with van der Waals surface area (Å²) in [5, 5.41) is 2.57. The highest BCUT2D eigenvalue weighted by Crippen LogP contribution is 2.40. The molecule has 4 rings (SSSR count). The van der Waals surface area contributed by atoms with E-state index >= 15 is 0 Å². The fraction of sp³-hybridized carbons (Fsp3) is 0. The largest absolute Gasteiger partial charge is 0.0883 e. The van der Waals surface area contributed by atoms with E-state index in [1.165, 1.54) is 30.4 Å². The zero-order valence-electron chi connectivity index (χ0n) is 13.0. The summed E-state index contributed by atoms with van der Waals surface area (Å²) in [5.41, 5.74) is 0. The molecule has 24 heavy (non-hydrogen) atoms. The van der Waals surface area contributed by atoms with Gasteiger partial charge in [-0.2, -0.15) is 0 Å². The van der Waals surface area contributed by atoms with Crippen molar-refractivity contribution < 1.29 is 0 Å². The standard InChI is InChI=1S/C22H15S2/c1-2-11-18(12-3-1)23-21-14-6-7-15-22(21)24-20-16-8-10-17-9-4-5-13-19(17)20/h1-13,15-16H. The Morgan fingerprint density at radius 2 is 1.33 bits per heavy atom.